The zero-order chi connectivity index (χ0) is 15.3. The molecule has 2 aromatic rings. The molecular formula is C16H11BrN4O. The fourth-order valence-electron chi connectivity index (χ4n) is 2.49. The predicted octanol–water partition coefficient (Wildman–Crippen LogP) is 3.28. The van der Waals surface area contributed by atoms with Crippen LogP contribution in [-0.2, 0) is 0 Å². The molecule has 1 aromatic heterocycles. The average molecular weight is 355 g/mol. The quantitative estimate of drug-likeness (QED) is 0.533. The number of aryl methyl sites for hydroxylation is 1. The van der Waals surface area contributed by atoms with E-state index in [1.807, 2.05) is 37.3 Å². The lowest BCUT2D eigenvalue weighted by Crippen LogP contribution is -2.14. The van der Waals surface area contributed by atoms with Crippen LogP contribution in [0.4, 0.5) is 0 Å². The van der Waals surface area contributed by atoms with Crippen LogP contribution < -0.4 is 5.56 Å². The molecule has 6 heteroatoms. The van der Waals surface area contributed by atoms with E-state index in [9.17, 15) is 4.79 Å². The van der Waals surface area contributed by atoms with Crippen molar-refractivity contribution in [1.29, 1.82) is 0 Å². The standard InChI is InChI=1S/C16H11BrN4O/c1-9-2-4-10(5-3-9)21-16(22)12-8-18-13-6-14(17)19-7-11(13)15(12)20-21/h2-8,18H,1H3. The van der Waals surface area contributed by atoms with E-state index in [1.165, 1.54) is 4.68 Å². The van der Waals surface area contributed by atoms with Crippen molar-refractivity contribution in [3.63, 3.8) is 0 Å². The van der Waals surface area contributed by atoms with Crippen molar-refractivity contribution in [3.05, 3.63) is 63.2 Å². The van der Waals surface area contributed by atoms with Crippen LogP contribution in [0.25, 0.3) is 27.8 Å². The van der Waals surface area contributed by atoms with Crippen LogP contribution in [0.2, 0.25) is 0 Å². The Hall–Kier alpha value is -2.47. The Morgan fingerprint density at radius 2 is 2.00 bits per heavy atom. The fraction of sp³-hybridized carbons (Fsp3) is 0.0625. The highest BCUT2D eigenvalue weighted by Gasteiger charge is 2.19. The molecule has 4 rings (SSSR count). The monoisotopic (exact) mass is 354 g/mol. The van der Waals surface area contributed by atoms with Gasteiger partial charge in [-0.3, -0.25) is 4.79 Å². The van der Waals surface area contributed by atoms with Gasteiger partial charge in [0.2, 0.25) is 0 Å². The minimum absolute atomic E-state index is 0.139. The lowest BCUT2D eigenvalue weighted by molar-refractivity contribution is 0.858. The summed E-state index contributed by atoms with van der Waals surface area (Å²) < 4.78 is 2.16. The first-order valence-corrected chi connectivity index (χ1v) is 7.55. The minimum atomic E-state index is -0.139. The molecule has 0 fully saturated rings. The second-order valence-electron chi connectivity index (χ2n) is 5.16. The third-order valence-electron chi connectivity index (χ3n) is 3.65. The van der Waals surface area contributed by atoms with E-state index < -0.39 is 0 Å². The summed E-state index contributed by atoms with van der Waals surface area (Å²) in [5.74, 6) is 0. The number of pyridine rings is 2. The van der Waals surface area contributed by atoms with Gasteiger partial charge in [-0.05, 0) is 41.1 Å². The summed E-state index contributed by atoms with van der Waals surface area (Å²) in [5.41, 5.74) is 3.84. The lowest BCUT2D eigenvalue weighted by atomic mass is 10.1. The van der Waals surface area contributed by atoms with Crippen molar-refractivity contribution in [2.24, 2.45) is 0 Å². The van der Waals surface area contributed by atoms with Gasteiger partial charge in [0.15, 0.2) is 0 Å². The number of fused-ring (bicyclic) bond motifs is 3. The summed E-state index contributed by atoms with van der Waals surface area (Å²) in [5, 5.41) is 5.32. The van der Waals surface area contributed by atoms with Crippen LogP contribution in [0.1, 0.15) is 5.56 Å². The third-order valence-corrected chi connectivity index (χ3v) is 4.09. The van der Waals surface area contributed by atoms with Crippen LogP contribution >= 0.6 is 15.9 Å². The Morgan fingerprint density at radius 1 is 1.23 bits per heavy atom. The molecule has 0 saturated heterocycles. The van der Waals surface area contributed by atoms with Crippen molar-refractivity contribution in [2.75, 3.05) is 0 Å². The Morgan fingerprint density at radius 3 is 2.77 bits per heavy atom. The Balaban J connectivity index is 2.03. The van der Waals surface area contributed by atoms with Crippen LogP contribution in [0, 0.1) is 6.92 Å². The highest BCUT2D eigenvalue weighted by molar-refractivity contribution is 9.10. The highest BCUT2D eigenvalue weighted by Crippen LogP contribution is 2.26. The number of nitrogens with zero attached hydrogens (tertiary/aromatic N) is 3. The van der Waals surface area contributed by atoms with Crippen molar-refractivity contribution < 1.29 is 0 Å². The summed E-state index contributed by atoms with van der Waals surface area (Å²) in [6, 6.07) is 9.57. The van der Waals surface area contributed by atoms with Gasteiger partial charge in [0.05, 0.1) is 16.8 Å². The molecule has 0 atom stereocenters. The normalized spacial score (nSPS) is 11.4. The average Bonchev–Trinajstić information content (AvgIpc) is 2.85. The lowest BCUT2D eigenvalue weighted by Gasteiger charge is -2.02. The van der Waals surface area contributed by atoms with Gasteiger partial charge in [-0.2, -0.15) is 9.78 Å². The Labute approximate surface area is 134 Å². The first kappa shape index (κ1) is 13.2. The van der Waals surface area contributed by atoms with Gasteiger partial charge < -0.3 is 4.98 Å². The number of H-pyrrole nitrogens is 1. The molecule has 0 bridgehead atoms. The van der Waals surface area contributed by atoms with Crippen LogP contribution in [0.15, 0.2) is 52.1 Å². The second kappa shape index (κ2) is 4.78. The maximum Gasteiger partial charge on any atom is 0.282 e. The highest BCUT2D eigenvalue weighted by atomic mass is 79.9. The maximum absolute atomic E-state index is 12.6. The predicted molar refractivity (Wildman–Crippen MR) is 88.5 cm³/mol. The molecule has 0 aliphatic carbocycles. The van der Waals surface area contributed by atoms with Gasteiger partial charge in [0.1, 0.15) is 10.3 Å². The molecule has 1 aromatic carbocycles. The maximum atomic E-state index is 12.6. The Kier molecular flexibility index (Phi) is 2.87. The fourth-order valence-corrected chi connectivity index (χ4v) is 2.82. The summed E-state index contributed by atoms with van der Waals surface area (Å²) in [4.78, 5) is 19.9. The van der Waals surface area contributed by atoms with E-state index in [0.29, 0.717) is 11.3 Å². The molecule has 0 unspecified atom stereocenters. The molecule has 0 radical (unpaired) electrons. The van der Waals surface area contributed by atoms with Crippen LogP contribution in [0.5, 0.6) is 0 Å². The van der Waals surface area contributed by atoms with Crippen LogP contribution in [-0.4, -0.2) is 19.7 Å². The molecule has 3 heterocycles. The Bertz CT molecular complexity index is 1020. The first-order valence-electron chi connectivity index (χ1n) is 6.76. The van der Waals surface area contributed by atoms with E-state index >= 15 is 0 Å². The number of hydrogen-bond acceptors (Lipinski definition) is 3. The molecule has 0 amide bonds. The number of nitrogens with one attached hydrogen (secondary N) is 1. The number of aromatic amines is 1. The van der Waals surface area contributed by atoms with Gasteiger partial charge in [-0.15, -0.1) is 0 Å². The number of halogens is 1. The topological polar surface area (TPSA) is 63.6 Å². The first-order chi connectivity index (χ1) is 10.6. The SMILES string of the molecule is Cc1ccc(-n2nc3c4cnc(Br)cc4[nH]cc-3c2=O)cc1. The molecule has 22 heavy (non-hydrogen) atoms. The van der Waals surface area contributed by atoms with Crippen molar-refractivity contribution in [1.82, 2.24) is 19.7 Å². The van der Waals surface area contributed by atoms with Crippen molar-refractivity contribution >= 4 is 26.8 Å². The summed E-state index contributed by atoms with van der Waals surface area (Å²) in [7, 11) is 0. The summed E-state index contributed by atoms with van der Waals surface area (Å²) in [6.45, 7) is 2.01. The zero-order valence-corrected chi connectivity index (χ0v) is 13.3. The largest absolute Gasteiger partial charge is 0.360 e. The zero-order valence-electron chi connectivity index (χ0n) is 11.7. The van der Waals surface area contributed by atoms with Gasteiger partial charge >= 0.3 is 0 Å². The van der Waals surface area contributed by atoms with Crippen molar-refractivity contribution in [3.8, 4) is 16.9 Å². The molecule has 2 aliphatic rings. The smallest absolute Gasteiger partial charge is 0.282 e. The van der Waals surface area contributed by atoms with E-state index in [4.69, 9.17) is 0 Å². The van der Waals surface area contributed by atoms with Crippen LogP contribution in [0.3, 0.4) is 0 Å². The van der Waals surface area contributed by atoms with E-state index in [1.54, 1.807) is 12.4 Å². The third kappa shape index (κ3) is 1.95. The van der Waals surface area contributed by atoms with E-state index in [-0.39, 0.29) is 5.56 Å². The van der Waals surface area contributed by atoms with Crippen molar-refractivity contribution in [2.45, 2.75) is 6.92 Å². The van der Waals surface area contributed by atoms with Gasteiger partial charge in [-0.1, -0.05) is 17.7 Å². The minimum Gasteiger partial charge on any atom is -0.360 e. The number of benzene rings is 1. The molecule has 5 nitrogen and oxygen atoms in total. The molecule has 108 valence electrons. The summed E-state index contributed by atoms with van der Waals surface area (Å²) >= 11 is 3.34. The molecule has 1 N–H and O–H groups in total. The van der Waals surface area contributed by atoms with Gasteiger partial charge in [0.25, 0.3) is 5.56 Å². The number of aromatic nitrogens is 4. The molecule has 0 spiro atoms. The second-order valence-corrected chi connectivity index (χ2v) is 5.97. The van der Waals surface area contributed by atoms with Gasteiger partial charge in [-0.25, -0.2) is 4.98 Å². The molecule has 0 saturated carbocycles. The van der Waals surface area contributed by atoms with Gasteiger partial charge in [0, 0.05) is 17.8 Å². The molecular weight excluding hydrogens is 344 g/mol. The van der Waals surface area contributed by atoms with E-state index in [0.717, 1.165) is 26.8 Å². The van der Waals surface area contributed by atoms with E-state index in [2.05, 4.69) is 31.0 Å². The number of hydrogen-bond donors (Lipinski definition) is 1. The number of rotatable bonds is 1. The summed E-state index contributed by atoms with van der Waals surface area (Å²) in [6.07, 6.45) is 3.41. The molecule has 2 aliphatic heterocycles.